The normalized spacial score (nSPS) is 21.3. The molecule has 2 rings (SSSR count). The van der Waals surface area contributed by atoms with Gasteiger partial charge >= 0.3 is 7.12 Å². The first-order valence-corrected chi connectivity index (χ1v) is 6.99. The summed E-state index contributed by atoms with van der Waals surface area (Å²) in [6.45, 7) is 13.5. The van der Waals surface area contributed by atoms with Gasteiger partial charge in [0.25, 0.3) is 0 Å². The number of aliphatic hydroxyl groups is 1. The molecule has 5 heteroatoms. The van der Waals surface area contributed by atoms with E-state index in [1.54, 1.807) is 26.2 Å². The molecule has 0 amide bonds. The van der Waals surface area contributed by atoms with Gasteiger partial charge in [0.2, 0.25) is 0 Å². The SMILES string of the molecule is Cc1cncc(C(C)(C)O)c1B1OC(C)(C)C(C)(C)O1. The Morgan fingerprint density at radius 3 is 2.05 bits per heavy atom. The van der Waals surface area contributed by atoms with E-state index in [0.717, 1.165) is 16.6 Å². The molecule has 1 aromatic heterocycles. The quantitative estimate of drug-likeness (QED) is 0.839. The molecule has 0 unspecified atom stereocenters. The summed E-state index contributed by atoms with van der Waals surface area (Å²) in [4.78, 5) is 4.18. The molecule has 0 saturated carbocycles. The fourth-order valence-corrected chi connectivity index (χ4v) is 2.34. The molecule has 1 aliphatic heterocycles. The molecule has 0 bridgehead atoms. The van der Waals surface area contributed by atoms with Crippen LogP contribution >= 0.6 is 0 Å². The monoisotopic (exact) mass is 277 g/mol. The van der Waals surface area contributed by atoms with Gasteiger partial charge in [0.05, 0.1) is 16.8 Å². The van der Waals surface area contributed by atoms with Crippen LogP contribution in [-0.4, -0.2) is 28.4 Å². The molecular weight excluding hydrogens is 253 g/mol. The van der Waals surface area contributed by atoms with Crippen LogP contribution in [-0.2, 0) is 14.9 Å². The molecule has 1 aliphatic rings. The van der Waals surface area contributed by atoms with Gasteiger partial charge < -0.3 is 14.4 Å². The maximum absolute atomic E-state index is 10.4. The summed E-state index contributed by atoms with van der Waals surface area (Å²) < 4.78 is 12.2. The molecular formula is C15H24BNO3. The molecule has 0 radical (unpaired) electrons. The molecule has 0 spiro atoms. The number of aromatic nitrogens is 1. The number of nitrogens with zero attached hydrogens (tertiary/aromatic N) is 1. The van der Waals surface area contributed by atoms with Crippen molar-refractivity contribution in [2.24, 2.45) is 0 Å². The van der Waals surface area contributed by atoms with Crippen molar-refractivity contribution in [1.29, 1.82) is 0 Å². The lowest BCUT2D eigenvalue weighted by Gasteiger charge is -2.32. The topological polar surface area (TPSA) is 51.6 Å². The molecule has 1 saturated heterocycles. The Balaban J connectivity index is 2.50. The maximum Gasteiger partial charge on any atom is 0.495 e. The van der Waals surface area contributed by atoms with Crippen LogP contribution in [0.3, 0.4) is 0 Å². The minimum Gasteiger partial charge on any atom is -0.399 e. The van der Waals surface area contributed by atoms with Gasteiger partial charge in [-0.1, -0.05) is 0 Å². The summed E-state index contributed by atoms with van der Waals surface area (Å²) in [5.41, 5.74) is 0.803. The largest absolute Gasteiger partial charge is 0.495 e. The van der Waals surface area contributed by atoms with Crippen LogP contribution in [0.4, 0.5) is 0 Å². The van der Waals surface area contributed by atoms with Gasteiger partial charge in [0, 0.05) is 18.0 Å². The van der Waals surface area contributed by atoms with Crippen molar-refractivity contribution in [2.75, 3.05) is 0 Å². The van der Waals surface area contributed by atoms with E-state index in [-0.39, 0.29) is 0 Å². The van der Waals surface area contributed by atoms with E-state index in [1.807, 2.05) is 34.6 Å². The fraction of sp³-hybridized carbons (Fsp3) is 0.667. The van der Waals surface area contributed by atoms with Gasteiger partial charge in [-0.3, -0.25) is 4.98 Å². The van der Waals surface area contributed by atoms with Gasteiger partial charge in [0.15, 0.2) is 0 Å². The number of hydrogen-bond acceptors (Lipinski definition) is 4. The summed E-state index contributed by atoms with van der Waals surface area (Å²) in [5.74, 6) is 0. The van der Waals surface area contributed by atoms with Crippen LogP contribution in [0.25, 0.3) is 0 Å². The van der Waals surface area contributed by atoms with Crippen LogP contribution in [0.2, 0.25) is 0 Å². The lowest BCUT2D eigenvalue weighted by molar-refractivity contribution is 0.00578. The van der Waals surface area contributed by atoms with Crippen molar-refractivity contribution in [1.82, 2.24) is 4.98 Å². The summed E-state index contributed by atoms with van der Waals surface area (Å²) >= 11 is 0. The third-order valence-corrected chi connectivity index (χ3v) is 4.33. The summed E-state index contributed by atoms with van der Waals surface area (Å²) in [5, 5.41) is 10.4. The van der Waals surface area contributed by atoms with Crippen LogP contribution in [0.1, 0.15) is 52.7 Å². The standard InChI is InChI=1S/C15H24BNO3/c1-10-8-17-9-11(13(2,3)18)12(10)16-19-14(4,5)15(6,7)20-16/h8-9,18H,1-7H3. The molecule has 110 valence electrons. The van der Waals surface area contributed by atoms with E-state index in [0.29, 0.717) is 0 Å². The van der Waals surface area contributed by atoms with Crippen molar-refractivity contribution >= 4 is 12.6 Å². The average Bonchev–Trinajstić information content (AvgIpc) is 2.46. The molecule has 0 aromatic carbocycles. The summed E-state index contributed by atoms with van der Waals surface area (Å²) in [7, 11) is -0.482. The Labute approximate surface area is 121 Å². The minimum absolute atomic E-state index is 0.399. The molecule has 1 aromatic rings. The van der Waals surface area contributed by atoms with Gasteiger partial charge in [-0.25, -0.2) is 0 Å². The van der Waals surface area contributed by atoms with Crippen molar-refractivity contribution in [2.45, 2.75) is 65.3 Å². The van der Waals surface area contributed by atoms with Crippen molar-refractivity contribution < 1.29 is 14.4 Å². The first-order valence-electron chi connectivity index (χ1n) is 6.99. The Kier molecular flexibility index (Phi) is 3.52. The van der Waals surface area contributed by atoms with Crippen molar-refractivity contribution in [3.63, 3.8) is 0 Å². The lowest BCUT2D eigenvalue weighted by atomic mass is 9.71. The summed E-state index contributed by atoms with van der Waals surface area (Å²) in [6.07, 6.45) is 3.46. The van der Waals surface area contributed by atoms with E-state index < -0.39 is 23.9 Å². The zero-order valence-electron chi connectivity index (χ0n) is 13.4. The first kappa shape index (κ1) is 15.5. The van der Waals surface area contributed by atoms with E-state index in [2.05, 4.69) is 4.98 Å². The van der Waals surface area contributed by atoms with Gasteiger partial charge in [-0.15, -0.1) is 0 Å². The molecule has 4 nitrogen and oxygen atoms in total. The molecule has 0 atom stereocenters. The van der Waals surface area contributed by atoms with E-state index in [1.165, 1.54) is 0 Å². The smallest absolute Gasteiger partial charge is 0.399 e. The number of pyridine rings is 1. The number of aryl methyl sites for hydroxylation is 1. The van der Waals surface area contributed by atoms with E-state index >= 15 is 0 Å². The zero-order valence-corrected chi connectivity index (χ0v) is 13.4. The Morgan fingerprint density at radius 1 is 1.10 bits per heavy atom. The van der Waals surface area contributed by atoms with E-state index in [4.69, 9.17) is 9.31 Å². The molecule has 1 fully saturated rings. The maximum atomic E-state index is 10.4. The Morgan fingerprint density at radius 2 is 1.60 bits per heavy atom. The highest BCUT2D eigenvalue weighted by Crippen LogP contribution is 2.37. The second-order valence-electron chi connectivity index (χ2n) is 7.06. The molecule has 0 aliphatic carbocycles. The van der Waals surface area contributed by atoms with Crippen LogP contribution in [0.5, 0.6) is 0 Å². The highest BCUT2D eigenvalue weighted by Gasteiger charge is 2.53. The first-order chi connectivity index (χ1) is 8.96. The molecule has 20 heavy (non-hydrogen) atoms. The van der Waals surface area contributed by atoms with E-state index in [9.17, 15) is 5.11 Å². The third-order valence-electron chi connectivity index (χ3n) is 4.33. The third kappa shape index (κ3) is 2.50. The Bertz CT molecular complexity index is 504. The zero-order chi connectivity index (χ0) is 15.3. The lowest BCUT2D eigenvalue weighted by Crippen LogP contribution is -2.42. The average molecular weight is 277 g/mol. The van der Waals surface area contributed by atoms with Crippen LogP contribution < -0.4 is 5.46 Å². The summed E-state index contributed by atoms with van der Waals surface area (Å²) in [6, 6.07) is 0. The minimum atomic E-state index is -0.988. The van der Waals surface area contributed by atoms with Gasteiger partial charge in [-0.2, -0.15) is 0 Å². The predicted octanol–water partition coefficient (Wildman–Crippen LogP) is 1.92. The highest BCUT2D eigenvalue weighted by molar-refractivity contribution is 6.63. The van der Waals surface area contributed by atoms with Crippen LogP contribution in [0, 0.1) is 6.92 Å². The highest BCUT2D eigenvalue weighted by atomic mass is 16.7. The Hall–Kier alpha value is -0.905. The molecule has 2 heterocycles. The molecule has 1 N–H and O–H groups in total. The van der Waals surface area contributed by atoms with Crippen molar-refractivity contribution in [3.05, 3.63) is 23.5 Å². The predicted molar refractivity (Wildman–Crippen MR) is 79.9 cm³/mol. The fourth-order valence-electron chi connectivity index (χ4n) is 2.34. The van der Waals surface area contributed by atoms with Crippen molar-refractivity contribution in [3.8, 4) is 0 Å². The second-order valence-corrected chi connectivity index (χ2v) is 7.06. The second kappa shape index (κ2) is 4.55. The number of rotatable bonds is 2. The number of hydrogen-bond donors (Lipinski definition) is 1. The van der Waals surface area contributed by atoms with Gasteiger partial charge in [-0.05, 0) is 59.5 Å². The van der Waals surface area contributed by atoms with Crippen LogP contribution in [0.15, 0.2) is 12.4 Å². The van der Waals surface area contributed by atoms with Gasteiger partial charge in [0.1, 0.15) is 0 Å².